The summed E-state index contributed by atoms with van der Waals surface area (Å²) < 4.78 is 5.38. The van der Waals surface area contributed by atoms with Gasteiger partial charge in [0.05, 0.1) is 11.8 Å². The van der Waals surface area contributed by atoms with E-state index >= 15 is 0 Å². The van der Waals surface area contributed by atoms with Gasteiger partial charge in [0.25, 0.3) is 0 Å². The van der Waals surface area contributed by atoms with Gasteiger partial charge in [0.2, 0.25) is 11.8 Å². The van der Waals surface area contributed by atoms with Crippen molar-refractivity contribution in [3.8, 4) is 11.6 Å². The number of aromatic nitrogens is 2. The molecule has 18 heavy (non-hydrogen) atoms. The minimum Gasteiger partial charge on any atom is -0.436 e. The SMILES string of the molecule is NC(=O)c1cnc(Oc2ccc(Cl)nc2)c(Cl)c1. The van der Waals surface area contributed by atoms with Crippen LogP contribution < -0.4 is 10.5 Å². The second-order valence-electron chi connectivity index (χ2n) is 3.29. The Morgan fingerprint density at radius 1 is 1.22 bits per heavy atom. The minimum atomic E-state index is -0.607. The first-order valence-corrected chi connectivity index (χ1v) is 5.56. The van der Waals surface area contributed by atoms with Crippen LogP contribution in [-0.2, 0) is 0 Å². The lowest BCUT2D eigenvalue weighted by Crippen LogP contribution is -2.11. The Kier molecular flexibility index (Phi) is 3.64. The van der Waals surface area contributed by atoms with E-state index in [2.05, 4.69) is 9.97 Å². The molecule has 0 radical (unpaired) electrons. The maximum atomic E-state index is 10.9. The number of nitrogens with two attached hydrogens (primary N) is 1. The Morgan fingerprint density at radius 2 is 2.00 bits per heavy atom. The Hall–Kier alpha value is -1.85. The third-order valence-electron chi connectivity index (χ3n) is 2.01. The molecule has 1 amide bonds. The van der Waals surface area contributed by atoms with Crippen LogP contribution in [0.4, 0.5) is 0 Å². The number of nitrogens with zero attached hydrogens (tertiary/aromatic N) is 2. The number of carbonyl (C=O) groups excluding carboxylic acids is 1. The molecule has 0 aliphatic heterocycles. The molecular weight excluding hydrogens is 277 g/mol. The van der Waals surface area contributed by atoms with E-state index in [4.69, 9.17) is 33.7 Å². The molecule has 0 aliphatic carbocycles. The summed E-state index contributed by atoms with van der Waals surface area (Å²) in [4.78, 5) is 18.7. The molecule has 2 N–H and O–H groups in total. The van der Waals surface area contributed by atoms with Gasteiger partial charge in [0, 0.05) is 6.20 Å². The smallest absolute Gasteiger partial charge is 0.250 e. The standard InChI is InChI=1S/C11H7Cl2N3O2/c12-8-3-6(10(14)17)4-16-11(8)18-7-1-2-9(13)15-5-7/h1-5H,(H2,14,17). The van der Waals surface area contributed by atoms with E-state index in [1.165, 1.54) is 18.5 Å². The monoisotopic (exact) mass is 283 g/mol. The molecule has 2 aromatic heterocycles. The molecular formula is C11H7Cl2N3O2. The Bertz CT molecular complexity index is 587. The van der Waals surface area contributed by atoms with Crippen LogP contribution in [-0.4, -0.2) is 15.9 Å². The normalized spacial score (nSPS) is 10.1. The second-order valence-corrected chi connectivity index (χ2v) is 4.09. The lowest BCUT2D eigenvalue weighted by Gasteiger charge is -2.06. The van der Waals surface area contributed by atoms with Crippen molar-refractivity contribution in [1.82, 2.24) is 9.97 Å². The molecule has 5 nitrogen and oxygen atoms in total. The number of primary amides is 1. The predicted molar refractivity (Wildman–Crippen MR) is 67.1 cm³/mol. The molecule has 0 atom stereocenters. The predicted octanol–water partition coefficient (Wildman–Crippen LogP) is 2.67. The Labute approximate surface area is 113 Å². The average molecular weight is 284 g/mol. The third-order valence-corrected chi connectivity index (χ3v) is 2.50. The molecule has 7 heteroatoms. The van der Waals surface area contributed by atoms with Crippen molar-refractivity contribution in [2.24, 2.45) is 5.73 Å². The zero-order valence-corrected chi connectivity index (χ0v) is 10.4. The van der Waals surface area contributed by atoms with Crippen LogP contribution in [0.2, 0.25) is 10.2 Å². The van der Waals surface area contributed by atoms with Gasteiger partial charge in [0.1, 0.15) is 15.9 Å². The van der Waals surface area contributed by atoms with Crippen molar-refractivity contribution in [3.63, 3.8) is 0 Å². The molecule has 0 saturated heterocycles. The van der Waals surface area contributed by atoms with E-state index in [1.54, 1.807) is 12.1 Å². The highest BCUT2D eigenvalue weighted by Gasteiger charge is 2.09. The second kappa shape index (κ2) is 5.20. The summed E-state index contributed by atoms with van der Waals surface area (Å²) in [5.74, 6) is -0.0180. The number of hydrogen-bond donors (Lipinski definition) is 1. The van der Waals surface area contributed by atoms with Crippen molar-refractivity contribution in [1.29, 1.82) is 0 Å². The van der Waals surface area contributed by atoms with Gasteiger partial charge in [-0.25, -0.2) is 9.97 Å². The average Bonchev–Trinajstić information content (AvgIpc) is 2.34. The van der Waals surface area contributed by atoms with Gasteiger partial charge in [-0.3, -0.25) is 4.79 Å². The van der Waals surface area contributed by atoms with Crippen LogP contribution in [0.15, 0.2) is 30.6 Å². The topological polar surface area (TPSA) is 78.1 Å². The quantitative estimate of drug-likeness (QED) is 0.879. The maximum absolute atomic E-state index is 10.9. The number of halogens is 2. The summed E-state index contributed by atoms with van der Waals surface area (Å²) >= 11 is 11.6. The van der Waals surface area contributed by atoms with E-state index in [-0.39, 0.29) is 16.5 Å². The van der Waals surface area contributed by atoms with Crippen LogP contribution in [0, 0.1) is 0 Å². The lowest BCUT2D eigenvalue weighted by atomic mass is 10.3. The van der Waals surface area contributed by atoms with Crippen LogP contribution in [0.25, 0.3) is 0 Å². The molecule has 0 spiro atoms. The highest BCUT2D eigenvalue weighted by atomic mass is 35.5. The number of hydrogen-bond acceptors (Lipinski definition) is 4. The van der Waals surface area contributed by atoms with Crippen molar-refractivity contribution in [2.45, 2.75) is 0 Å². The molecule has 0 aliphatic rings. The number of pyridine rings is 2. The largest absolute Gasteiger partial charge is 0.436 e. The summed E-state index contributed by atoms with van der Waals surface area (Å²) in [6, 6.07) is 4.58. The summed E-state index contributed by atoms with van der Waals surface area (Å²) in [7, 11) is 0. The molecule has 92 valence electrons. The third kappa shape index (κ3) is 2.88. The molecule has 0 fully saturated rings. The van der Waals surface area contributed by atoms with Gasteiger partial charge >= 0.3 is 0 Å². The fourth-order valence-corrected chi connectivity index (χ4v) is 1.49. The van der Waals surface area contributed by atoms with E-state index in [9.17, 15) is 4.79 Å². The fourth-order valence-electron chi connectivity index (χ4n) is 1.17. The summed E-state index contributed by atoms with van der Waals surface area (Å²) in [5.41, 5.74) is 5.31. The van der Waals surface area contributed by atoms with Gasteiger partial charge in [-0.1, -0.05) is 23.2 Å². The lowest BCUT2D eigenvalue weighted by molar-refractivity contribution is 0.1000. The summed E-state index contributed by atoms with van der Waals surface area (Å²) in [6.45, 7) is 0. The van der Waals surface area contributed by atoms with Crippen molar-refractivity contribution in [2.75, 3.05) is 0 Å². The van der Waals surface area contributed by atoms with Crippen LogP contribution in [0.5, 0.6) is 11.6 Å². The van der Waals surface area contributed by atoms with Crippen molar-refractivity contribution in [3.05, 3.63) is 46.3 Å². The zero-order chi connectivity index (χ0) is 13.1. The Morgan fingerprint density at radius 3 is 2.56 bits per heavy atom. The molecule has 0 unspecified atom stereocenters. The molecule has 0 bridgehead atoms. The number of carbonyl (C=O) groups is 1. The highest BCUT2D eigenvalue weighted by Crippen LogP contribution is 2.27. The van der Waals surface area contributed by atoms with Gasteiger partial charge < -0.3 is 10.5 Å². The first kappa shape index (κ1) is 12.6. The van der Waals surface area contributed by atoms with Gasteiger partial charge in [0.15, 0.2) is 0 Å². The first-order valence-electron chi connectivity index (χ1n) is 4.81. The number of amides is 1. The Balaban J connectivity index is 2.24. The van der Waals surface area contributed by atoms with Crippen molar-refractivity contribution >= 4 is 29.1 Å². The molecule has 2 heterocycles. The van der Waals surface area contributed by atoms with Gasteiger partial charge in [-0.05, 0) is 18.2 Å². The van der Waals surface area contributed by atoms with E-state index < -0.39 is 5.91 Å². The number of rotatable bonds is 3. The van der Waals surface area contributed by atoms with E-state index in [0.717, 1.165) is 0 Å². The van der Waals surface area contributed by atoms with Crippen LogP contribution in [0.3, 0.4) is 0 Å². The molecule has 2 rings (SSSR count). The molecule has 2 aromatic rings. The zero-order valence-electron chi connectivity index (χ0n) is 8.93. The van der Waals surface area contributed by atoms with Crippen molar-refractivity contribution < 1.29 is 9.53 Å². The summed E-state index contributed by atoms with van der Waals surface area (Å²) in [6.07, 6.45) is 2.72. The van der Waals surface area contributed by atoms with Crippen LogP contribution in [0.1, 0.15) is 10.4 Å². The number of ether oxygens (including phenoxy) is 1. The highest BCUT2D eigenvalue weighted by molar-refractivity contribution is 6.32. The fraction of sp³-hybridized carbons (Fsp3) is 0. The molecule has 0 aromatic carbocycles. The summed E-state index contributed by atoms with van der Waals surface area (Å²) in [5, 5.41) is 0.534. The van der Waals surface area contributed by atoms with E-state index in [0.29, 0.717) is 10.9 Å². The van der Waals surface area contributed by atoms with Crippen LogP contribution >= 0.6 is 23.2 Å². The minimum absolute atomic E-state index is 0.158. The van der Waals surface area contributed by atoms with Gasteiger partial charge in [-0.2, -0.15) is 0 Å². The molecule has 0 saturated carbocycles. The van der Waals surface area contributed by atoms with E-state index in [1.807, 2.05) is 0 Å². The maximum Gasteiger partial charge on any atom is 0.250 e. The first-order chi connectivity index (χ1) is 8.56. The van der Waals surface area contributed by atoms with Gasteiger partial charge in [-0.15, -0.1) is 0 Å².